The SMILES string of the molecule is CCOC(C)(Oc1ccccc1)C(C)(C)CC(C)(C)C.[Na+]. The van der Waals surface area contributed by atoms with Crippen LogP contribution in [0, 0.1) is 10.8 Å². The Morgan fingerprint density at radius 3 is 1.86 bits per heavy atom. The molecule has 0 aliphatic rings. The molecule has 0 N–H and O–H groups in total. The van der Waals surface area contributed by atoms with Crippen molar-refractivity contribution >= 4 is 0 Å². The van der Waals surface area contributed by atoms with Crippen molar-refractivity contribution in [3.63, 3.8) is 0 Å². The quantitative estimate of drug-likeness (QED) is 0.593. The fourth-order valence-electron chi connectivity index (χ4n) is 2.84. The summed E-state index contributed by atoms with van der Waals surface area (Å²) in [7, 11) is 0. The van der Waals surface area contributed by atoms with Crippen LogP contribution in [-0.4, -0.2) is 12.4 Å². The van der Waals surface area contributed by atoms with E-state index in [1.165, 1.54) is 0 Å². The first-order valence-corrected chi connectivity index (χ1v) is 7.48. The normalized spacial score (nSPS) is 15.0. The van der Waals surface area contributed by atoms with Gasteiger partial charge in [-0.2, -0.15) is 0 Å². The summed E-state index contributed by atoms with van der Waals surface area (Å²) in [4.78, 5) is 0. The maximum absolute atomic E-state index is 6.23. The Hall–Kier alpha value is -0.0200. The zero-order valence-electron chi connectivity index (χ0n) is 15.1. The second-order valence-electron chi connectivity index (χ2n) is 7.42. The summed E-state index contributed by atoms with van der Waals surface area (Å²) < 4.78 is 12.3. The number of para-hydroxylation sites is 1. The van der Waals surface area contributed by atoms with E-state index in [0.29, 0.717) is 6.61 Å². The van der Waals surface area contributed by atoms with E-state index in [1.54, 1.807) is 0 Å². The van der Waals surface area contributed by atoms with Crippen LogP contribution in [0.2, 0.25) is 0 Å². The number of hydrogen-bond donors (Lipinski definition) is 0. The van der Waals surface area contributed by atoms with Crippen molar-refractivity contribution in [3.8, 4) is 5.75 Å². The van der Waals surface area contributed by atoms with E-state index >= 15 is 0 Å². The number of benzene rings is 1. The molecular weight excluding hydrogens is 271 g/mol. The Morgan fingerprint density at radius 1 is 0.905 bits per heavy atom. The summed E-state index contributed by atoms with van der Waals surface area (Å²) in [6.45, 7) is 15.9. The van der Waals surface area contributed by atoms with Crippen molar-refractivity contribution in [2.75, 3.05) is 6.61 Å². The van der Waals surface area contributed by atoms with E-state index in [1.807, 2.05) is 37.3 Å². The molecule has 0 aromatic heterocycles. The van der Waals surface area contributed by atoms with Gasteiger partial charge in [-0.1, -0.05) is 52.8 Å². The van der Waals surface area contributed by atoms with Crippen LogP contribution in [0.3, 0.4) is 0 Å². The van der Waals surface area contributed by atoms with E-state index in [0.717, 1.165) is 12.2 Å². The van der Waals surface area contributed by atoms with Gasteiger partial charge >= 0.3 is 29.6 Å². The van der Waals surface area contributed by atoms with Crippen LogP contribution < -0.4 is 34.3 Å². The van der Waals surface area contributed by atoms with Gasteiger partial charge in [0.1, 0.15) is 5.75 Å². The van der Waals surface area contributed by atoms with Crippen molar-refractivity contribution in [1.82, 2.24) is 0 Å². The molecule has 1 unspecified atom stereocenters. The molecule has 0 saturated heterocycles. The molecule has 0 radical (unpaired) electrons. The molecule has 1 aromatic rings. The smallest absolute Gasteiger partial charge is 0.462 e. The molecule has 21 heavy (non-hydrogen) atoms. The third kappa shape index (κ3) is 6.32. The third-order valence-corrected chi connectivity index (χ3v) is 3.68. The minimum absolute atomic E-state index is 0. The molecule has 0 heterocycles. The molecule has 1 aromatic carbocycles. The first-order valence-electron chi connectivity index (χ1n) is 7.48. The second-order valence-corrected chi connectivity index (χ2v) is 7.42. The van der Waals surface area contributed by atoms with Gasteiger partial charge in [0.2, 0.25) is 5.79 Å². The minimum Gasteiger partial charge on any atom is -0.462 e. The molecule has 1 atom stereocenters. The monoisotopic (exact) mass is 301 g/mol. The van der Waals surface area contributed by atoms with E-state index in [-0.39, 0.29) is 40.4 Å². The van der Waals surface area contributed by atoms with Crippen LogP contribution >= 0.6 is 0 Å². The third-order valence-electron chi connectivity index (χ3n) is 3.68. The van der Waals surface area contributed by atoms with Crippen molar-refractivity contribution in [3.05, 3.63) is 30.3 Å². The predicted molar refractivity (Wildman–Crippen MR) is 85.0 cm³/mol. The van der Waals surface area contributed by atoms with Crippen LogP contribution in [0.1, 0.15) is 54.9 Å². The van der Waals surface area contributed by atoms with Gasteiger partial charge in [-0.25, -0.2) is 0 Å². The van der Waals surface area contributed by atoms with Crippen LogP contribution in [0.15, 0.2) is 30.3 Å². The van der Waals surface area contributed by atoms with Crippen LogP contribution in [0.25, 0.3) is 0 Å². The zero-order valence-corrected chi connectivity index (χ0v) is 17.1. The zero-order chi connectivity index (χ0) is 15.4. The van der Waals surface area contributed by atoms with Crippen molar-refractivity contribution < 1.29 is 39.0 Å². The molecule has 0 aliphatic carbocycles. The molecule has 0 spiro atoms. The Kier molecular flexibility index (Phi) is 8.00. The molecular formula is C18H30NaO2+. The number of rotatable bonds is 6. The molecule has 0 saturated carbocycles. The standard InChI is InChI=1S/C18H30O2.Na/c1-8-19-18(7,17(5,6)14-16(2,3)4)20-15-12-10-9-11-13-15;/h9-13H,8,14H2,1-7H3;/q;+1. The average Bonchev–Trinajstić information content (AvgIpc) is 2.27. The van der Waals surface area contributed by atoms with Crippen LogP contribution in [-0.2, 0) is 4.74 Å². The van der Waals surface area contributed by atoms with Gasteiger partial charge in [-0.3, -0.25) is 0 Å². The molecule has 114 valence electrons. The second kappa shape index (κ2) is 8.01. The van der Waals surface area contributed by atoms with E-state index in [9.17, 15) is 0 Å². The first-order chi connectivity index (χ1) is 9.10. The summed E-state index contributed by atoms with van der Waals surface area (Å²) in [5, 5.41) is 0. The summed E-state index contributed by atoms with van der Waals surface area (Å²) >= 11 is 0. The summed E-state index contributed by atoms with van der Waals surface area (Å²) in [5.74, 6) is 0.210. The van der Waals surface area contributed by atoms with Crippen molar-refractivity contribution in [2.45, 2.75) is 60.7 Å². The van der Waals surface area contributed by atoms with Gasteiger partial charge in [-0.05, 0) is 30.9 Å². The fourth-order valence-corrected chi connectivity index (χ4v) is 2.84. The van der Waals surface area contributed by atoms with Crippen LogP contribution in [0.4, 0.5) is 0 Å². The van der Waals surface area contributed by atoms with Gasteiger partial charge in [0, 0.05) is 18.9 Å². The van der Waals surface area contributed by atoms with Crippen LogP contribution in [0.5, 0.6) is 5.75 Å². The Morgan fingerprint density at radius 2 is 1.43 bits per heavy atom. The van der Waals surface area contributed by atoms with Crippen molar-refractivity contribution in [1.29, 1.82) is 0 Å². The van der Waals surface area contributed by atoms with Gasteiger partial charge in [0.15, 0.2) is 0 Å². The van der Waals surface area contributed by atoms with E-state index in [2.05, 4.69) is 41.5 Å². The Labute approximate surface area is 152 Å². The molecule has 0 bridgehead atoms. The molecule has 0 fully saturated rings. The van der Waals surface area contributed by atoms with Gasteiger partial charge in [0.25, 0.3) is 0 Å². The molecule has 3 heteroatoms. The van der Waals surface area contributed by atoms with E-state index < -0.39 is 5.79 Å². The maximum atomic E-state index is 6.23. The molecule has 2 nitrogen and oxygen atoms in total. The van der Waals surface area contributed by atoms with Gasteiger partial charge in [-0.15, -0.1) is 0 Å². The van der Waals surface area contributed by atoms with Gasteiger partial charge < -0.3 is 9.47 Å². The summed E-state index contributed by atoms with van der Waals surface area (Å²) in [6.07, 6.45) is 1.02. The molecule has 0 aliphatic heterocycles. The number of hydrogen-bond acceptors (Lipinski definition) is 2. The Balaban J connectivity index is 0.00000400. The topological polar surface area (TPSA) is 18.5 Å². The van der Waals surface area contributed by atoms with Crippen molar-refractivity contribution in [2.24, 2.45) is 10.8 Å². The minimum atomic E-state index is -0.642. The average molecular weight is 301 g/mol. The Bertz CT molecular complexity index is 409. The fraction of sp³-hybridized carbons (Fsp3) is 0.667. The first kappa shape index (κ1) is 21.0. The van der Waals surface area contributed by atoms with E-state index in [4.69, 9.17) is 9.47 Å². The maximum Gasteiger partial charge on any atom is 1.00 e. The molecule has 1 rings (SSSR count). The van der Waals surface area contributed by atoms with Gasteiger partial charge in [0.05, 0.1) is 0 Å². The number of ether oxygens (including phenoxy) is 2. The molecule has 0 amide bonds. The summed E-state index contributed by atoms with van der Waals surface area (Å²) in [5.41, 5.74) is 0.124. The summed E-state index contributed by atoms with van der Waals surface area (Å²) in [6, 6.07) is 9.91. The largest absolute Gasteiger partial charge is 1.00 e. The predicted octanol–water partition coefficient (Wildman–Crippen LogP) is 2.28.